The molecule has 0 spiro atoms. The summed E-state index contributed by atoms with van der Waals surface area (Å²) in [6, 6.07) is 7.40. The molecule has 0 fully saturated rings. The first-order chi connectivity index (χ1) is 10.9. The summed E-state index contributed by atoms with van der Waals surface area (Å²) >= 11 is 1.41. The molecule has 0 bridgehead atoms. The van der Waals surface area contributed by atoms with Crippen LogP contribution in [0.1, 0.15) is 47.0 Å². The minimum absolute atomic E-state index is 0.184. The Balaban J connectivity index is 2.09. The third kappa shape index (κ3) is 4.36. The van der Waals surface area contributed by atoms with Crippen LogP contribution in [0.3, 0.4) is 0 Å². The van der Waals surface area contributed by atoms with Gasteiger partial charge in [0.1, 0.15) is 16.9 Å². The summed E-state index contributed by atoms with van der Waals surface area (Å²) in [4.78, 5) is 16.2. The van der Waals surface area contributed by atoms with Gasteiger partial charge in [-0.1, -0.05) is 11.8 Å². The highest BCUT2D eigenvalue weighted by Crippen LogP contribution is 2.27. The van der Waals surface area contributed by atoms with Gasteiger partial charge in [-0.2, -0.15) is 5.26 Å². The molecule has 0 atom stereocenters. The Bertz CT molecular complexity index is 760. The van der Waals surface area contributed by atoms with E-state index in [0.717, 1.165) is 11.3 Å². The highest BCUT2D eigenvalue weighted by atomic mass is 32.2. The number of aryl methyl sites for hydroxylation is 2. The Labute approximate surface area is 139 Å². The Morgan fingerprint density at radius 3 is 2.83 bits per heavy atom. The molecule has 0 amide bonds. The fourth-order valence-corrected chi connectivity index (χ4v) is 3.01. The summed E-state index contributed by atoms with van der Waals surface area (Å²) in [7, 11) is 0. The number of hydrogen-bond acceptors (Lipinski definition) is 6. The molecule has 0 aliphatic heterocycles. The number of nitriles is 1. The maximum Gasteiger partial charge on any atom is 0.374 e. The number of hydrogen-bond donors (Lipinski definition) is 0. The number of nitrogens with zero attached hydrogens (tertiary/aromatic N) is 2. The largest absolute Gasteiger partial charge is 0.457 e. The monoisotopic (exact) mass is 330 g/mol. The molecule has 120 valence electrons. The minimum atomic E-state index is -0.474. The third-order valence-electron chi connectivity index (χ3n) is 2.98. The molecule has 0 N–H and O–H groups in total. The average Bonchev–Trinajstić information content (AvgIpc) is 2.93. The van der Waals surface area contributed by atoms with Crippen molar-refractivity contribution in [2.45, 2.75) is 44.6 Å². The molecule has 2 rings (SSSR count). The molecule has 2 heterocycles. The molecule has 0 radical (unpaired) electrons. The van der Waals surface area contributed by atoms with E-state index in [1.54, 1.807) is 26.0 Å². The van der Waals surface area contributed by atoms with Crippen LogP contribution in [0.4, 0.5) is 0 Å². The molecular formula is C17H18N2O3S. The normalized spacial score (nSPS) is 10.6. The van der Waals surface area contributed by atoms with Gasteiger partial charge in [0.05, 0.1) is 17.4 Å². The van der Waals surface area contributed by atoms with E-state index in [1.165, 1.54) is 11.8 Å². The zero-order valence-electron chi connectivity index (χ0n) is 13.5. The molecule has 2 aromatic heterocycles. The van der Waals surface area contributed by atoms with Gasteiger partial charge in [0.2, 0.25) is 5.76 Å². The minimum Gasteiger partial charge on any atom is -0.457 e. The van der Waals surface area contributed by atoms with Crippen LogP contribution in [0.15, 0.2) is 27.6 Å². The van der Waals surface area contributed by atoms with Crippen molar-refractivity contribution < 1.29 is 13.9 Å². The summed E-state index contributed by atoms with van der Waals surface area (Å²) in [6.45, 7) is 7.36. The fourth-order valence-electron chi connectivity index (χ4n) is 2.02. The lowest BCUT2D eigenvalue weighted by molar-refractivity contribution is 0.0340. The van der Waals surface area contributed by atoms with Crippen molar-refractivity contribution in [1.82, 2.24) is 4.98 Å². The van der Waals surface area contributed by atoms with Gasteiger partial charge in [-0.15, -0.1) is 0 Å². The molecule has 6 heteroatoms. The van der Waals surface area contributed by atoms with Crippen molar-refractivity contribution in [1.29, 1.82) is 5.26 Å². The SMILES string of the molecule is Cc1cc(C)c(C#N)c(SCc2ccc(C(=O)OC(C)C)o2)n1. The lowest BCUT2D eigenvalue weighted by Crippen LogP contribution is -2.10. The Morgan fingerprint density at radius 2 is 2.17 bits per heavy atom. The van der Waals surface area contributed by atoms with Gasteiger partial charge in [-0.25, -0.2) is 9.78 Å². The summed E-state index contributed by atoms with van der Waals surface area (Å²) in [5.41, 5.74) is 2.35. The van der Waals surface area contributed by atoms with E-state index < -0.39 is 5.97 Å². The number of ether oxygens (including phenoxy) is 1. The number of esters is 1. The standard InChI is InChI=1S/C17H18N2O3S/c1-10(2)21-17(20)15-6-5-13(22-15)9-23-16-14(8-18)11(3)7-12(4)19-16/h5-7,10H,9H2,1-4H3. The van der Waals surface area contributed by atoms with E-state index in [4.69, 9.17) is 9.15 Å². The van der Waals surface area contributed by atoms with E-state index in [9.17, 15) is 10.1 Å². The van der Waals surface area contributed by atoms with Gasteiger partial charge in [-0.3, -0.25) is 0 Å². The molecule has 0 unspecified atom stereocenters. The number of rotatable bonds is 5. The summed E-state index contributed by atoms with van der Waals surface area (Å²) in [6.07, 6.45) is -0.192. The third-order valence-corrected chi connectivity index (χ3v) is 3.98. The second-order valence-corrected chi connectivity index (χ2v) is 6.35. The fraction of sp³-hybridized carbons (Fsp3) is 0.353. The van der Waals surface area contributed by atoms with Crippen molar-refractivity contribution in [3.8, 4) is 6.07 Å². The van der Waals surface area contributed by atoms with Crippen molar-refractivity contribution in [2.75, 3.05) is 0 Å². The zero-order valence-corrected chi connectivity index (χ0v) is 14.4. The second kappa shape index (κ2) is 7.34. The zero-order chi connectivity index (χ0) is 17.0. The highest BCUT2D eigenvalue weighted by Gasteiger charge is 2.15. The van der Waals surface area contributed by atoms with E-state index in [-0.39, 0.29) is 11.9 Å². The lowest BCUT2D eigenvalue weighted by atomic mass is 10.1. The Morgan fingerprint density at radius 1 is 1.43 bits per heavy atom. The van der Waals surface area contributed by atoms with Gasteiger partial charge in [0, 0.05) is 5.69 Å². The Kier molecular flexibility index (Phi) is 5.45. The van der Waals surface area contributed by atoms with Crippen LogP contribution < -0.4 is 0 Å². The molecule has 0 aliphatic carbocycles. The van der Waals surface area contributed by atoms with Crippen LogP contribution in [0.25, 0.3) is 0 Å². The first-order valence-electron chi connectivity index (χ1n) is 7.21. The quantitative estimate of drug-likeness (QED) is 0.609. The van der Waals surface area contributed by atoms with Gasteiger partial charge in [-0.05, 0) is 51.5 Å². The molecular weight excluding hydrogens is 312 g/mol. The maximum absolute atomic E-state index is 11.8. The number of furan rings is 1. The highest BCUT2D eigenvalue weighted by molar-refractivity contribution is 7.98. The summed E-state index contributed by atoms with van der Waals surface area (Å²) in [5, 5.41) is 9.93. The topological polar surface area (TPSA) is 76.1 Å². The predicted molar refractivity (Wildman–Crippen MR) is 87.2 cm³/mol. The van der Waals surface area contributed by atoms with Gasteiger partial charge in [0.25, 0.3) is 0 Å². The smallest absolute Gasteiger partial charge is 0.374 e. The number of carbonyl (C=O) groups excluding carboxylic acids is 1. The van der Waals surface area contributed by atoms with Crippen LogP contribution in [-0.4, -0.2) is 17.1 Å². The van der Waals surface area contributed by atoms with E-state index in [0.29, 0.717) is 22.1 Å². The maximum atomic E-state index is 11.8. The average molecular weight is 330 g/mol. The predicted octanol–water partition coefficient (Wildman–Crippen LogP) is 4.02. The number of carbonyl (C=O) groups is 1. The van der Waals surface area contributed by atoms with E-state index in [1.807, 2.05) is 19.9 Å². The van der Waals surface area contributed by atoms with Crippen molar-refractivity contribution in [2.24, 2.45) is 0 Å². The molecule has 0 aromatic carbocycles. The molecule has 5 nitrogen and oxygen atoms in total. The Hall–Kier alpha value is -2.26. The van der Waals surface area contributed by atoms with Crippen LogP contribution >= 0.6 is 11.8 Å². The number of aromatic nitrogens is 1. The van der Waals surface area contributed by atoms with Crippen molar-refractivity contribution in [3.63, 3.8) is 0 Å². The van der Waals surface area contributed by atoms with Crippen LogP contribution in [0.5, 0.6) is 0 Å². The molecule has 0 aliphatic rings. The van der Waals surface area contributed by atoms with Gasteiger partial charge >= 0.3 is 5.97 Å². The molecule has 0 saturated heterocycles. The van der Waals surface area contributed by atoms with Crippen molar-refractivity contribution in [3.05, 3.63) is 46.5 Å². The number of thioether (sulfide) groups is 1. The molecule has 2 aromatic rings. The first kappa shape index (κ1) is 17.1. The lowest BCUT2D eigenvalue weighted by Gasteiger charge is -2.06. The van der Waals surface area contributed by atoms with Crippen LogP contribution in [-0.2, 0) is 10.5 Å². The van der Waals surface area contributed by atoms with Gasteiger partial charge < -0.3 is 9.15 Å². The summed E-state index contributed by atoms with van der Waals surface area (Å²) in [5.74, 6) is 0.830. The van der Waals surface area contributed by atoms with E-state index >= 15 is 0 Å². The van der Waals surface area contributed by atoms with Crippen LogP contribution in [0, 0.1) is 25.2 Å². The van der Waals surface area contributed by atoms with Crippen LogP contribution in [0.2, 0.25) is 0 Å². The molecule has 0 saturated carbocycles. The van der Waals surface area contributed by atoms with E-state index in [2.05, 4.69) is 11.1 Å². The first-order valence-corrected chi connectivity index (χ1v) is 8.20. The summed E-state index contributed by atoms with van der Waals surface area (Å²) < 4.78 is 10.6. The number of pyridine rings is 1. The second-order valence-electron chi connectivity index (χ2n) is 5.38. The van der Waals surface area contributed by atoms with Gasteiger partial charge in [0.15, 0.2) is 0 Å². The van der Waals surface area contributed by atoms with Crippen molar-refractivity contribution >= 4 is 17.7 Å². The molecule has 23 heavy (non-hydrogen) atoms.